The molecule has 2 heterocycles. The van der Waals surface area contributed by atoms with Crippen LogP contribution in [0.1, 0.15) is 24.9 Å². The average molecular weight is 535 g/mol. The summed E-state index contributed by atoms with van der Waals surface area (Å²) in [4.78, 5) is 80.9. The highest BCUT2D eigenvalue weighted by molar-refractivity contribution is 5.93. The van der Waals surface area contributed by atoms with Crippen molar-refractivity contribution in [3.63, 3.8) is 0 Å². The molecule has 7 N–H and O–H groups in total. The predicted octanol–water partition coefficient (Wildman–Crippen LogP) is -0.0956. The second kappa shape index (κ2) is 11.0. The first-order valence-electron chi connectivity index (χ1n) is 12.0. The van der Waals surface area contributed by atoms with E-state index >= 15 is 0 Å². The smallest absolute Gasteiger partial charge is 0.329 e. The molecule has 2 aromatic carbocycles. The number of carboxylic acid groups (broad SMARTS) is 1. The predicted molar refractivity (Wildman–Crippen MR) is 141 cm³/mol. The number of para-hydroxylation sites is 2. The number of carboxylic acids is 1. The van der Waals surface area contributed by atoms with Gasteiger partial charge in [0, 0.05) is 23.5 Å². The highest BCUT2D eigenvalue weighted by atomic mass is 16.4. The van der Waals surface area contributed by atoms with Crippen LogP contribution in [0, 0.1) is 0 Å². The summed E-state index contributed by atoms with van der Waals surface area (Å²) in [5, 5.41) is 14.8. The van der Waals surface area contributed by atoms with Crippen molar-refractivity contribution in [1.29, 1.82) is 0 Å². The highest BCUT2D eigenvalue weighted by Gasteiger charge is 2.30. The fourth-order valence-corrected chi connectivity index (χ4v) is 4.34. The van der Waals surface area contributed by atoms with Gasteiger partial charge in [-0.2, -0.15) is 0 Å². The maximum Gasteiger partial charge on any atom is 0.329 e. The van der Waals surface area contributed by atoms with E-state index in [0.717, 1.165) is 15.5 Å². The third-order valence-corrected chi connectivity index (χ3v) is 6.31. The summed E-state index contributed by atoms with van der Waals surface area (Å²) in [6, 6.07) is 9.40. The molecule has 0 saturated carbocycles. The number of rotatable bonds is 10. The molecule has 4 aromatic rings. The Kier molecular flexibility index (Phi) is 7.60. The van der Waals surface area contributed by atoms with Gasteiger partial charge >= 0.3 is 11.7 Å². The Bertz CT molecular complexity index is 1700. The number of carbonyl (C=O) groups excluding carboxylic acids is 3. The molecule has 39 heavy (non-hydrogen) atoms. The van der Waals surface area contributed by atoms with Gasteiger partial charge in [0.1, 0.15) is 18.1 Å². The van der Waals surface area contributed by atoms with Crippen LogP contribution in [0.3, 0.4) is 0 Å². The Morgan fingerprint density at radius 3 is 2.26 bits per heavy atom. The minimum absolute atomic E-state index is 0.0784. The molecule has 0 bridgehead atoms. The van der Waals surface area contributed by atoms with E-state index in [0.29, 0.717) is 11.1 Å². The maximum atomic E-state index is 13.6. The number of fused-ring (bicyclic) bond motifs is 2. The van der Waals surface area contributed by atoms with Crippen LogP contribution in [0.5, 0.6) is 0 Å². The van der Waals surface area contributed by atoms with Crippen molar-refractivity contribution < 1.29 is 24.3 Å². The van der Waals surface area contributed by atoms with E-state index in [9.17, 15) is 33.9 Å². The first-order valence-corrected chi connectivity index (χ1v) is 12.0. The second-order valence-electron chi connectivity index (χ2n) is 9.03. The monoisotopic (exact) mass is 534 g/mol. The van der Waals surface area contributed by atoms with Crippen LogP contribution in [-0.2, 0) is 25.6 Å². The topological polar surface area (TPSA) is 209 Å². The number of primary amides is 1. The molecule has 202 valence electrons. The number of hydrogen-bond donors (Lipinski definition) is 6. The molecule has 0 fully saturated rings. The number of hydrogen-bond acceptors (Lipinski definition) is 6. The maximum absolute atomic E-state index is 13.6. The van der Waals surface area contributed by atoms with Crippen molar-refractivity contribution in [2.75, 3.05) is 0 Å². The van der Waals surface area contributed by atoms with Crippen LogP contribution in [0.2, 0.25) is 0 Å². The summed E-state index contributed by atoms with van der Waals surface area (Å²) in [6.45, 7) is 1.30. The molecule has 13 nitrogen and oxygen atoms in total. The Morgan fingerprint density at radius 1 is 0.949 bits per heavy atom. The standard InChI is InChI=1S/C26H26N6O7/c1-13(22(34)30-19(25(37)38)11-21(27)33)29-23(35)20(10-14-12-28-17-8-4-2-6-15(14)17)32-24(36)16-7-3-5-9-18(16)31-26(32)39/h2-9,12-13,19-20,28H,10-11H2,1H3,(H2,27,33)(H,29,35)(H,30,34)(H,31,39)(H,37,38)/t13-,19+,20-/m0/s1. The van der Waals surface area contributed by atoms with Crippen molar-refractivity contribution >= 4 is 45.5 Å². The van der Waals surface area contributed by atoms with Crippen LogP contribution >= 0.6 is 0 Å². The number of amides is 3. The van der Waals surface area contributed by atoms with Crippen LogP contribution in [-0.4, -0.2) is 55.4 Å². The van der Waals surface area contributed by atoms with E-state index in [1.54, 1.807) is 30.5 Å². The zero-order chi connectivity index (χ0) is 28.3. The Morgan fingerprint density at radius 2 is 1.59 bits per heavy atom. The minimum atomic E-state index is -1.60. The normalized spacial score (nSPS) is 13.5. The zero-order valence-corrected chi connectivity index (χ0v) is 20.8. The first-order chi connectivity index (χ1) is 18.6. The largest absolute Gasteiger partial charge is 0.480 e. The number of nitrogens with two attached hydrogens (primary N) is 1. The number of benzene rings is 2. The summed E-state index contributed by atoms with van der Waals surface area (Å²) in [5.41, 5.74) is 5.27. The number of aliphatic carboxylic acids is 1. The Balaban J connectivity index is 1.69. The number of nitrogens with zero attached hydrogens (tertiary/aromatic N) is 1. The molecule has 0 aliphatic heterocycles. The lowest BCUT2D eigenvalue weighted by molar-refractivity contribution is -0.143. The third-order valence-electron chi connectivity index (χ3n) is 6.31. The molecule has 0 unspecified atom stereocenters. The highest BCUT2D eigenvalue weighted by Crippen LogP contribution is 2.22. The lowest BCUT2D eigenvalue weighted by Crippen LogP contribution is -2.53. The van der Waals surface area contributed by atoms with Crippen LogP contribution in [0.4, 0.5) is 0 Å². The summed E-state index contributed by atoms with van der Waals surface area (Å²) < 4.78 is 0.803. The van der Waals surface area contributed by atoms with Crippen molar-refractivity contribution in [3.05, 3.63) is 81.1 Å². The lowest BCUT2D eigenvalue weighted by Gasteiger charge is -2.22. The molecular weight excluding hydrogens is 508 g/mol. The van der Waals surface area contributed by atoms with Gasteiger partial charge in [-0.15, -0.1) is 0 Å². The molecule has 0 radical (unpaired) electrons. The van der Waals surface area contributed by atoms with E-state index in [-0.39, 0.29) is 11.8 Å². The van der Waals surface area contributed by atoms with Crippen molar-refractivity contribution in [2.24, 2.45) is 5.73 Å². The quantitative estimate of drug-likeness (QED) is 0.163. The molecule has 2 aromatic heterocycles. The number of H-pyrrole nitrogens is 2. The molecular formula is C26H26N6O7. The summed E-state index contributed by atoms with van der Waals surface area (Å²) in [7, 11) is 0. The van der Waals surface area contributed by atoms with E-state index in [4.69, 9.17) is 5.73 Å². The van der Waals surface area contributed by atoms with Gasteiger partial charge in [0.25, 0.3) is 5.56 Å². The number of carbonyl (C=O) groups is 4. The number of aromatic amines is 2. The van der Waals surface area contributed by atoms with Crippen molar-refractivity contribution in [1.82, 2.24) is 25.2 Å². The summed E-state index contributed by atoms with van der Waals surface area (Å²) in [6.07, 6.45) is 0.945. The van der Waals surface area contributed by atoms with E-state index in [1.165, 1.54) is 13.0 Å². The van der Waals surface area contributed by atoms with Gasteiger partial charge in [0.15, 0.2) is 0 Å². The van der Waals surface area contributed by atoms with Gasteiger partial charge < -0.3 is 31.4 Å². The third kappa shape index (κ3) is 5.71. The van der Waals surface area contributed by atoms with Gasteiger partial charge in [-0.05, 0) is 30.7 Å². The van der Waals surface area contributed by atoms with Crippen molar-refractivity contribution in [2.45, 2.75) is 37.9 Å². The number of aromatic nitrogens is 3. The lowest BCUT2D eigenvalue weighted by atomic mass is 10.0. The molecule has 0 aliphatic rings. The first kappa shape index (κ1) is 26.9. The summed E-state index contributed by atoms with van der Waals surface area (Å²) >= 11 is 0. The molecule has 0 aliphatic carbocycles. The fourth-order valence-electron chi connectivity index (χ4n) is 4.34. The Labute approximate surface area is 220 Å². The zero-order valence-electron chi connectivity index (χ0n) is 20.8. The second-order valence-corrected chi connectivity index (χ2v) is 9.03. The van der Waals surface area contributed by atoms with Crippen LogP contribution in [0.15, 0.2) is 64.3 Å². The van der Waals surface area contributed by atoms with Gasteiger partial charge in [-0.25, -0.2) is 14.2 Å². The molecule has 0 spiro atoms. The Hall–Kier alpha value is -5.20. The van der Waals surface area contributed by atoms with Gasteiger partial charge in [-0.3, -0.25) is 19.2 Å². The van der Waals surface area contributed by atoms with E-state index in [1.807, 2.05) is 18.2 Å². The van der Waals surface area contributed by atoms with Gasteiger partial charge in [0.2, 0.25) is 17.7 Å². The molecule has 0 saturated heterocycles. The van der Waals surface area contributed by atoms with Crippen molar-refractivity contribution in [3.8, 4) is 0 Å². The fraction of sp³-hybridized carbons (Fsp3) is 0.231. The van der Waals surface area contributed by atoms with Crippen LogP contribution in [0.25, 0.3) is 21.8 Å². The summed E-state index contributed by atoms with van der Waals surface area (Å²) in [5.74, 6) is -4.14. The number of nitrogens with one attached hydrogen (secondary N) is 4. The molecule has 13 heteroatoms. The van der Waals surface area contributed by atoms with Crippen LogP contribution < -0.4 is 27.6 Å². The molecule has 4 rings (SSSR count). The molecule has 3 atom stereocenters. The van der Waals surface area contributed by atoms with E-state index < -0.39 is 59.5 Å². The SMILES string of the molecule is C[C@H](NC(=O)[C@H](Cc1c[nH]c2ccccc12)n1c(=O)[nH]c2ccccc2c1=O)C(=O)N[C@H](CC(N)=O)C(=O)O. The minimum Gasteiger partial charge on any atom is -0.480 e. The molecule has 3 amide bonds. The van der Waals surface area contributed by atoms with Gasteiger partial charge in [0.05, 0.1) is 17.3 Å². The average Bonchev–Trinajstić information content (AvgIpc) is 3.30. The van der Waals surface area contributed by atoms with E-state index in [2.05, 4.69) is 20.6 Å². The van der Waals surface area contributed by atoms with Gasteiger partial charge in [-0.1, -0.05) is 30.3 Å².